The fraction of sp³-hybridized carbons (Fsp3) is 0.0952. The number of benzene rings is 2. The van der Waals surface area contributed by atoms with E-state index < -0.39 is 0 Å². The highest BCUT2D eigenvalue weighted by Gasteiger charge is 2.11. The monoisotopic (exact) mass is 425 g/mol. The number of rotatable bonds is 7. The van der Waals surface area contributed by atoms with Gasteiger partial charge in [0, 0.05) is 17.4 Å². The fourth-order valence-electron chi connectivity index (χ4n) is 2.71. The minimum Gasteiger partial charge on any atom is -0.471 e. The number of aromatic nitrogens is 4. The van der Waals surface area contributed by atoms with Crippen molar-refractivity contribution in [2.75, 3.05) is 5.32 Å². The zero-order valence-corrected chi connectivity index (χ0v) is 16.5. The lowest BCUT2D eigenvalue weighted by Crippen LogP contribution is -2.14. The summed E-state index contributed by atoms with van der Waals surface area (Å²) < 4.78 is 21.6. The first kappa shape index (κ1) is 19.7. The first-order valence-corrected chi connectivity index (χ1v) is 9.43. The molecule has 0 spiro atoms. The molecule has 0 saturated heterocycles. The number of anilines is 1. The number of ether oxygens (including phenoxy) is 1. The second kappa shape index (κ2) is 8.79. The molecular formula is C21H17ClFN5O2. The predicted octanol–water partition coefficient (Wildman–Crippen LogP) is 4.21. The lowest BCUT2D eigenvalue weighted by Gasteiger charge is -2.05. The van der Waals surface area contributed by atoms with Crippen LogP contribution >= 0.6 is 11.6 Å². The summed E-state index contributed by atoms with van der Waals surface area (Å²) in [7, 11) is 0. The van der Waals surface area contributed by atoms with Gasteiger partial charge >= 0.3 is 0 Å². The van der Waals surface area contributed by atoms with Crippen LogP contribution in [0.1, 0.15) is 16.1 Å². The van der Waals surface area contributed by atoms with Gasteiger partial charge in [-0.3, -0.25) is 9.48 Å². The maximum atomic E-state index is 12.9. The van der Waals surface area contributed by atoms with Gasteiger partial charge in [0.15, 0.2) is 12.4 Å². The molecule has 1 N–H and O–H groups in total. The van der Waals surface area contributed by atoms with E-state index >= 15 is 0 Å². The first-order valence-electron chi connectivity index (χ1n) is 9.05. The fourth-order valence-corrected chi connectivity index (χ4v) is 2.84. The second-order valence-electron chi connectivity index (χ2n) is 6.47. The zero-order valence-electron chi connectivity index (χ0n) is 15.7. The largest absolute Gasteiger partial charge is 0.471 e. The average molecular weight is 426 g/mol. The summed E-state index contributed by atoms with van der Waals surface area (Å²) in [5, 5.41) is 11.9. The number of halogens is 2. The van der Waals surface area contributed by atoms with Gasteiger partial charge in [-0.05, 0) is 48.0 Å². The lowest BCUT2D eigenvalue weighted by molar-refractivity contribution is 0.102. The van der Waals surface area contributed by atoms with Crippen molar-refractivity contribution in [3.05, 3.63) is 95.3 Å². The Balaban J connectivity index is 1.32. The van der Waals surface area contributed by atoms with Crippen molar-refractivity contribution in [1.82, 2.24) is 19.6 Å². The van der Waals surface area contributed by atoms with Gasteiger partial charge in [-0.1, -0.05) is 23.7 Å². The molecule has 0 unspecified atom stereocenters. The summed E-state index contributed by atoms with van der Waals surface area (Å²) in [6.45, 7) is 0.653. The van der Waals surface area contributed by atoms with Crippen LogP contribution in [0.15, 0.2) is 73.2 Å². The third-order valence-electron chi connectivity index (χ3n) is 4.20. The summed E-state index contributed by atoms with van der Waals surface area (Å²) in [5.74, 6) is -0.190. The van der Waals surface area contributed by atoms with Crippen molar-refractivity contribution < 1.29 is 13.9 Å². The number of hydrogen-bond donors (Lipinski definition) is 1. The Morgan fingerprint density at radius 1 is 1.07 bits per heavy atom. The summed E-state index contributed by atoms with van der Waals surface area (Å²) in [6.07, 6.45) is 4.94. The Labute approximate surface area is 176 Å². The molecule has 152 valence electrons. The molecule has 0 fully saturated rings. The molecule has 7 nitrogen and oxygen atoms in total. The van der Waals surface area contributed by atoms with Crippen LogP contribution in [-0.4, -0.2) is 25.5 Å². The van der Waals surface area contributed by atoms with E-state index in [4.69, 9.17) is 16.3 Å². The highest BCUT2D eigenvalue weighted by Crippen LogP contribution is 2.14. The topological polar surface area (TPSA) is 74.0 Å². The van der Waals surface area contributed by atoms with Gasteiger partial charge in [-0.25, -0.2) is 9.07 Å². The smallest absolute Gasteiger partial charge is 0.276 e. The number of carbonyl (C=O) groups is 1. The molecule has 0 saturated carbocycles. The summed E-state index contributed by atoms with van der Waals surface area (Å²) in [6, 6.07) is 14.7. The molecule has 0 aliphatic heterocycles. The van der Waals surface area contributed by atoms with Gasteiger partial charge in [-0.15, -0.1) is 0 Å². The molecule has 4 rings (SSSR count). The zero-order chi connectivity index (χ0) is 20.9. The van der Waals surface area contributed by atoms with E-state index in [0.29, 0.717) is 23.0 Å². The SMILES string of the molecule is O=C(Nc1cnn(Cc2ccc(Cl)cc2)c1)c1ccn(COc2ccc(F)cc2)n1. The predicted molar refractivity (Wildman–Crippen MR) is 110 cm³/mol. The second-order valence-corrected chi connectivity index (χ2v) is 6.91. The standard InChI is InChI=1S/C21H17ClFN5O2/c22-16-3-1-15(2-4-16)12-28-13-18(11-24-28)25-21(29)20-9-10-27(26-20)14-30-19-7-5-17(23)6-8-19/h1-11,13H,12,14H2,(H,25,29). The van der Waals surface area contributed by atoms with E-state index in [2.05, 4.69) is 15.5 Å². The van der Waals surface area contributed by atoms with Crippen molar-refractivity contribution in [3.63, 3.8) is 0 Å². The van der Waals surface area contributed by atoms with Gasteiger partial charge in [0.05, 0.1) is 18.4 Å². The van der Waals surface area contributed by atoms with E-state index in [1.807, 2.05) is 24.3 Å². The van der Waals surface area contributed by atoms with Crippen LogP contribution in [0.2, 0.25) is 5.02 Å². The van der Waals surface area contributed by atoms with Crippen LogP contribution < -0.4 is 10.1 Å². The van der Waals surface area contributed by atoms with E-state index in [0.717, 1.165) is 5.56 Å². The third-order valence-corrected chi connectivity index (χ3v) is 4.45. The van der Waals surface area contributed by atoms with Gasteiger partial charge in [0.25, 0.3) is 5.91 Å². The van der Waals surface area contributed by atoms with Crippen molar-refractivity contribution in [3.8, 4) is 5.75 Å². The molecule has 0 aliphatic rings. The summed E-state index contributed by atoms with van der Waals surface area (Å²) >= 11 is 5.89. The Bertz CT molecular complexity index is 1140. The first-order chi connectivity index (χ1) is 14.5. The number of nitrogens with one attached hydrogen (secondary N) is 1. The number of carbonyl (C=O) groups excluding carboxylic acids is 1. The van der Waals surface area contributed by atoms with Gasteiger partial charge < -0.3 is 10.1 Å². The van der Waals surface area contributed by atoms with E-state index in [9.17, 15) is 9.18 Å². The van der Waals surface area contributed by atoms with Crippen molar-refractivity contribution in [1.29, 1.82) is 0 Å². The molecule has 2 aromatic heterocycles. The molecule has 0 atom stereocenters. The molecule has 4 aromatic rings. The number of amides is 1. The molecule has 2 heterocycles. The van der Waals surface area contributed by atoms with Crippen molar-refractivity contribution in [2.24, 2.45) is 0 Å². The number of hydrogen-bond acceptors (Lipinski definition) is 4. The number of nitrogens with zero attached hydrogens (tertiary/aromatic N) is 4. The van der Waals surface area contributed by atoms with Crippen LogP contribution in [-0.2, 0) is 13.3 Å². The maximum absolute atomic E-state index is 12.9. The van der Waals surface area contributed by atoms with E-state index in [1.165, 1.54) is 28.9 Å². The molecule has 9 heteroatoms. The Hall–Kier alpha value is -3.65. The third kappa shape index (κ3) is 5.03. The van der Waals surface area contributed by atoms with Crippen LogP contribution in [0.5, 0.6) is 5.75 Å². The summed E-state index contributed by atoms with van der Waals surface area (Å²) in [5.41, 5.74) is 1.84. The van der Waals surface area contributed by atoms with E-state index in [1.54, 1.807) is 29.3 Å². The highest BCUT2D eigenvalue weighted by molar-refractivity contribution is 6.30. The summed E-state index contributed by atoms with van der Waals surface area (Å²) in [4.78, 5) is 12.4. The molecule has 1 amide bonds. The average Bonchev–Trinajstić information content (AvgIpc) is 3.39. The minimum absolute atomic E-state index is 0.0952. The lowest BCUT2D eigenvalue weighted by atomic mass is 10.2. The molecule has 0 bridgehead atoms. The van der Waals surface area contributed by atoms with Crippen LogP contribution in [0, 0.1) is 5.82 Å². The molecule has 0 radical (unpaired) electrons. The van der Waals surface area contributed by atoms with Gasteiger partial charge in [0.1, 0.15) is 11.6 Å². The van der Waals surface area contributed by atoms with Crippen LogP contribution in [0.4, 0.5) is 10.1 Å². The van der Waals surface area contributed by atoms with Crippen LogP contribution in [0.25, 0.3) is 0 Å². The Morgan fingerprint density at radius 2 is 1.83 bits per heavy atom. The highest BCUT2D eigenvalue weighted by atomic mass is 35.5. The van der Waals surface area contributed by atoms with Crippen molar-refractivity contribution >= 4 is 23.2 Å². The molecule has 30 heavy (non-hydrogen) atoms. The molecular weight excluding hydrogens is 409 g/mol. The van der Waals surface area contributed by atoms with E-state index in [-0.39, 0.29) is 24.1 Å². The normalized spacial score (nSPS) is 10.7. The molecule has 0 aliphatic carbocycles. The Kier molecular flexibility index (Phi) is 5.76. The maximum Gasteiger partial charge on any atom is 0.276 e. The Morgan fingerprint density at radius 3 is 2.60 bits per heavy atom. The van der Waals surface area contributed by atoms with Crippen LogP contribution in [0.3, 0.4) is 0 Å². The van der Waals surface area contributed by atoms with Gasteiger partial charge in [-0.2, -0.15) is 10.2 Å². The molecule has 2 aromatic carbocycles. The quantitative estimate of drug-likeness (QED) is 0.481. The van der Waals surface area contributed by atoms with Gasteiger partial charge in [0.2, 0.25) is 0 Å². The van der Waals surface area contributed by atoms with Crippen molar-refractivity contribution in [2.45, 2.75) is 13.3 Å². The minimum atomic E-state index is -0.360.